The average Bonchev–Trinajstić information content (AvgIpc) is 3.49. The Morgan fingerprint density at radius 2 is 1.94 bits per heavy atom. The number of halogens is 1. The van der Waals surface area contributed by atoms with Gasteiger partial charge in [-0.3, -0.25) is 9.88 Å². The molecule has 1 fully saturated rings. The van der Waals surface area contributed by atoms with Crippen molar-refractivity contribution < 1.29 is 9.13 Å². The minimum absolute atomic E-state index is 0.00533. The number of thiophene rings is 1. The molecule has 3 unspecified atom stereocenters. The second-order valence-corrected chi connectivity index (χ2v) is 10.9. The molecule has 3 nitrogen and oxygen atoms in total. The number of rotatable bonds is 10. The van der Waals surface area contributed by atoms with E-state index in [-0.39, 0.29) is 22.2 Å². The maximum Gasteiger partial charge on any atom is 0.176 e. The third-order valence-electron chi connectivity index (χ3n) is 7.80. The van der Waals surface area contributed by atoms with Crippen LogP contribution in [-0.2, 0) is 16.7 Å². The van der Waals surface area contributed by atoms with Gasteiger partial charge in [-0.25, -0.2) is 0 Å². The molecular weight excluding hydrogens is 443 g/mol. The van der Waals surface area contributed by atoms with Crippen molar-refractivity contribution in [2.45, 2.75) is 65.0 Å². The summed E-state index contributed by atoms with van der Waals surface area (Å²) in [6, 6.07) is 18.5. The predicted molar refractivity (Wildman–Crippen MR) is 139 cm³/mol. The van der Waals surface area contributed by atoms with Gasteiger partial charge in [0.05, 0.1) is 6.10 Å². The third kappa shape index (κ3) is 5.12. The van der Waals surface area contributed by atoms with Crippen LogP contribution in [0, 0.1) is 17.5 Å². The lowest BCUT2D eigenvalue weighted by Crippen LogP contribution is -2.44. The Morgan fingerprint density at radius 1 is 1.15 bits per heavy atom. The molecule has 0 radical (unpaired) electrons. The van der Waals surface area contributed by atoms with Crippen molar-refractivity contribution in [3.63, 3.8) is 0 Å². The Kier molecular flexibility index (Phi) is 7.86. The SMILES string of the molecule is CCOC(c1ccccc1)C1(CCc2ccc(F)s2)CCN(C(C)(CC)c2ccc(C)nc2)C1. The first-order valence-corrected chi connectivity index (χ1v) is 13.3. The van der Waals surface area contributed by atoms with E-state index >= 15 is 0 Å². The molecule has 0 saturated carbocycles. The largest absolute Gasteiger partial charge is 0.373 e. The van der Waals surface area contributed by atoms with E-state index in [4.69, 9.17) is 4.74 Å². The molecule has 0 spiro atoms. The van der Waals surface area contributed by atoms with Gasteiger partial charge in [-0.1, -0.05) is 43.3 Å². The van der Waals surface area contributed by atoms with Crippen molar-refractivity contribution in [3.8, 4) is 0 Å². The molecular formula is C29H37FN2OS. The Morgan fingerprint density at radius 3 is 2.56 bits per heavy atom. The molecule has 1 aromatic carbocycles. The van der Waals surface area contributed by atoms with Gasteiger partial charge < -0.3 is 4.74 Å². The van der Waals surface area contributed by atoms with Crippen molar-refractivity contribution in [3.05, 3.63) is 87.6 Å². The number of hydrogen-bond donors (Lipinski definition) is 0. The molecule has 0 bridgehead atoms. The molecule has 2 aromatic heterocycles. The summed E-state index contributed by atoms with van der Waals surface area (Å²) >= 11 is 1.27. The van der Waals surface area contributed by atoms with Crippen LogP contribution in [0.5, 0.6) is 0 Å². The van der Waals surface area contributed by atoms with E-state index in [0.29, 0.717) is 6.61 Å². The molecule has 3 heterocycles. The van der Waals surface area contributed by atoms with Gasteiger partial charge in [0.15, 0.2) is 5.13 Å². The van der Waals surface area contributed by atoms with Gasteiger partial charge in [-0.2, -0.15) is 4.39 Å². The Balaban J connectivity index is 1.68. The molecule has 4 rings (SSSR count). The van der Waals surface area contributed by atoms with Crippen LogP contribution in [0.4, 0.5) is 4.39 Å². The highest BCUT2D eigenvalue weighted by molar-refractivity contribution is 7.10. The lowest BCUT2D eigenvalue weighted by Gasteiger charge is -2.42. The normalized spacial score (nSPS) is 21.4. The monoisotopic (exact) mass is 480 g/mol. The van der Waals surface area contributed by atoms with E-state index in [1.807, 2.05) is 19.2 Å². The van der Waals surface area contributed by atoms with Gasteiger partial charge in [0.1, 0.15) is 0 Å². The fraction of sp³-hybridized carbons (Fsp3) is 0.483. The average molecular weight is 481 g/mol. The number of likely N-dealkylation sites (tertiary alicyclic amines) is 1. The standard InChI is InChI=1S/C29H37FN2OS/c1-5-28(4,24-13-12-22(3)31-20-24)32-19-18-29(21-32,17-16-25-14-15-26(30)34-25)27(33-6-2)23-10-8-7-9-11-23/h7-15,20,27H,5-6,16-19,21H2,1-4H3. The summed E-state index contributed by atoms with van der Waals surface area (Å²) in [5.41, 5.74) is 3.40. The summed E-state index contributed by atoms with van der Waals surface area (Å²) in [5.74, 6) is 0. The van der Waals surface area contributed by atoms with E-state index in [1.165, 1.54) is 22.5 Å². The van der Waals surface area contributed by atoms with Crippen LogP contribution in [-0.4, -0.2) is 29.6 Å². The number of hydrogen-bond acceptors (Lipinski definition) is 4. The first-order chi connectivity index (χ1) is 16.4. The molecule has 34 heavy (non-hydrogen) atoms. The summed E-state index contributed by atoms with van der Waals surface area (Å²) in [6.07, 6.45) is 5.95. The summed E-state index contributed by atoms with van der Waals surface area (Å²) in [7, 11) is 0. The van der Waals surface area contributed by atoms with Crippen molar-refractivity contribution >= 4 is 11.3 Å². The molecule has 1 aliphatic heterocycles. The summed E-state index contributed by atoms with van der Waals surface area (Å²) in [6.45, 7) is 11.4. The number of ether oxygens (including phenoxy) is 1. The maximum absolute atomic E-state index is 13.7. The van der Waals surface area contributed by atoms with Gasteiger partial charge in [-0.15, -0.1) is 11.3 Å². The zero-order chi connectivity index (χ0) is 24.2. The van der Waals surface area contributed by atoms with E-state index in [0.717, 1.165) is 49.3 Å². The predicted octanol–water partition coefficient (Wildman–Crippen LogP) is 7.32. The Bertz CT molecular complexity index is 1050. The molecule has 0 amide bonds. The number of aromatic nitrogens is 1. The van der Waals surface area contributed by atoms with Gasteiger partial charge in [0.25, 0.3) is 0 Å². The first-order valence-electron chi connectivity index (χ1n) is 12.5. The fourth-order valence-corrected chi connectivity index (χ4v) is 6.27. The van der Waals surface area contributed by atoms with Crippen LogP contribution in [0.25, 0.3) is 0 Å². The minimum Gasteiger partial charge on any atom is -0.373 e. The van der Waals surface area contributed by atoms with E-state index in [2.05, 4.69) is 73.1 Å². The van der Waals surface area contributed by atoms with E-state index in [9.17, 15) is 4.39 Å². The van der Waals surface area contributed by atoms with Crippen LogP contribution in [0.1, 0.15) is 67.8 Å². The van der Waals surface area contributed by atoms with E-state index in [1.54, 1.807) is 6.07 Å². The highest BCUT2D eigenvalue weighted by Crippen LogP contribution is 2.51. The molecule has 1 saturated heterocycles. The molecule has 0 N–H and O–H groups in total. The highest BCUT2D eigenvalue weighted by Gasteiger charge is 2.49. The molecule has 182 valence electrons. The van der Waals surface area contributed by atoms with Crippen LogP contribution in [0.15, 0.2) is 60.8 Å². The lowest BCUT2D eigenvalue weighted by atomic mass is 9.74. The second-order valence-electron chi connectivity index (χ2n) is 9.80. The number of nitrogens with zero attached hydrogens (tertiary/aromatic N) is 2. The Labute approximate surface area is 208 Å². The Hall–Kier alpha value is -2.08. The van der Waals surface area contributed by atoms with Gasteiger partial charge >= 0.3 is 0 Å². The molecule has 0 aliphatic carbocycles. The number of aryl methyl sites for hydroxylation is 2. The van der Waals surface area contributed by atoms with E-state index < -0.39 is 0 Å². The van der Waals surface area contributed by atoms with Crippen molar-refractivity contribution in [2.24, 2.45) is 5.41 Å². The number of pyridine rings is 1. The van der Waals surface area contributed by atoms with Crippen LogP contribution in [0.3, 0.4) is 0 Å². The highest BCUT2D eigenvalue weighted by atomic mass is 32.1. The van der Waals surface area contributed by atoms with Crippen LogP contribution in [0.2, 0.25) is 0 Å². The van der Waals surface area contributed by atoms with Crippen molar-refractivity contribution in [2.75, 3.05) is 19.7 Å². The first kappa shape index (κ1) is 25.0. The molecule has 5 heteroatoms. The van der Waals surface area contributed by atoms with Crippen LogP contribution < -0.4 is 0 Å². The second kappa shape index (κ2) is 10.7. The quantitative estimate of drug-likeness (QED) is 0.304. The van der Waals surface area contributed by atoms with Gasteiger partial charge in [-0.05, 0) is 82.3 Å². The molecule has 1 aliphatic rings. The van der Waals surface area contributed by atoms with Crippen molar-refractivity contribution in [1.82, 2.24) is 9.88 Å². The molecule has 3 atom stereocenters. The topological polar surface area (TPSA) is 25.4 Å². The lowest BCUT2D eigenvalue weighted by molar-refractivity contribution is -0.0446. The smallest absolute Gasteiger partial charge is 0.176 e. The minimum atomic E-state index is -0.105. The number of benzene rings is 1. The van der Waals surface area contributed by atoms with Crippen LogP contribution >= 0.6 is 11.3 Å². The van der Waals surface area contributed by atoms with Gasteiger partial charge in [0, 0.05) is 40.9 Å². The molecule has 3 aromatic rings. The summed E-state index contributed by atoms with van der Waals surface area (Å²) in [5, 5.41) is -0.105. The zero-order valence-electron chi connectivity index (χ0n) is 20.9. The van der Waals surface area contributed by atoms with Crippen molar-refractivity contribution in [1.29, 1.82) is 0 Å². The zero-order valence-corrected chi connectivity index (χ0v) is 21.7. The summed E-state index contributed by atoms with van der Waals surface area (Å²) in [4.78, 5) is 8.36. The fourth-order valence-electron chi connectivity index (χ4n) is 5.54. The maximum atomic E-state index is 13.7. The van der Waals surface area contributed by atoms with Gasteiger partial charge in [0.2, 0.25) is 0 Å². The summed E-state index contributed by atoms with van der Waals surface area (Å²) < 4.78 is 20.2. The third-order valence-corrected chi connectivity index (χ3v) is 8.73.